The number of ether oxygens (including phenoxy) is 2. The molecule has 0 fully saturated rings. The summed E-state index contributed by atoms with van der Waals surface area (Å²) in [6.45, 7) is 4.04. The predicted molar refractivity (Wildman–Crippen MR) is 434 cm³/mol. The summed E-state index contributed by atoms with van der Waals surface area (Å²) in [6, 6.07) is 0. The van der Waals surface area contributed by atoms with Gasteiger partial charge in [-0.05, 0) is 122 Å². The smallest absolute Gasteiger partial charge is 0.306 e. The van der Waals surface area contributed by atoms with Crippen LogP contribution >= 0.6 is 7.82 Å². The molecule has 9 nitrogen and oxygen atoms in total. The SMILES string of the molecule is CC/C=C\C/C=C\C/C=C\C/C=C\C/C=C\C/C=C\C/C=C\C/C=C\C/C=C\CCCCCCCCCCCCCCCC(=O)OC(COC(=O)CCCCCCCCCCCCCCCCCCCCCCCC/C=C\C/C=C\C/C=C\C/C=C\CC)COP(=O)([O-])OCC[N+](C)(C)C. The van der Waals surface area contributed by atoms with Crippen LogP contribution in [-0.4, -0.2) is 70.0 Å². The van der Waals surface area contributed by atoms with Crippen molar-refractivity contribution in [3.05, 3.63) is 158 Å². The van der Waals surface area contributed by atoms with E-state index in [2.05, 4.69) is 172 Å². The van der Waals surface area contributed by atoms with Gasteiger partial charge < -0.3 is 27.9 Å². The van der Waals surface area contributed by atoms with Crippen molar-refractivity contribution in [1.29, 1.82) is 0 Å². The summed E-state index contributed by atoms with van der Waals surface area (Å²) in [5.74, 6) is -0.827. The molecular weight excluding hydrogens is 1250 g/mol. The van der Waals surface area contributed by atoms with E-state index in [9.17, 15) is 19.0 Å². The lowest BCUT2D eigenvalue weighted by molar-refractivity contribution is -0.870. The van der Waals surface area contributed by atoms with Crippen molar-refractivity contribution in [2.75, 3.05) is 47.5 Å². The highest BCUT2D eigenvalue weighted by Gasteiger charge is 2.22. The Balaban J connectivity index is 3.98. The van der Waals surface area contributed by atoms with Gasteiger partial charge >= 0.3 is 11.9 Å². The number of nitrogens with zero attached hydrogens (tertiary/aromatic N) is 1. The van der Waals surface area contributed by atoms with E-state index in [0.29, 0.717) is 17.4 Å². The van der Waals surface area contributed by atoms with Gasteiger partial charge in [-0.2, -0.15) is 0 Å². The average molecular weight is 1410 g/mol. The number of esters is 2. The van der Waals surface area contributed by atoms with E-state index in [1.807, 2.05) is 21.1 Å². The second-order valence-electron chi connectivity index (χ2n) is 28.4. The zero-order valence-electron chi connectivity index (χ0n) is 65.3. The number of phosphoric acid groups is 1. The van der Waals surface area contributed by atoms with Gasteiger partial charge in [0.1, 0.15) is 19.8 Å². The van der Waals surface area contributed by atoms with Crippen LogP contribution in [0, 0.1) is 0 Å². The molecule has 0 aliphatic carbocycles. The molecule has 0 saturated carbocycles. The number of unbranched alkanes of at least 4 members (excludes halogenated alkanes) is 35. The third-order valence-corrected chi connectivity index (χ3v) is 18.5. The summed E-state index contributed by atoms with van der Waals surface area (Å²) in [7, 11) is 1.17. The first-order valence-corrected chi connectivity index (χ1v) is 42.7. The molecule has 0 aromatic rings. The maximum absolute atomic E-state index is 12.9. The number of quaternary nitrogens is 1. The lowest BCUT2D eigenvalue weighted by Gasteiger charge is -2.28. The van der Waals surface area contributed by atoms with E-state index in [1.165, 1.54) is 193 Å². The van der Waals surface area contributed by atoms with Crippen molar-refractivity contribution in [3.8, 4) is 0 Å². The summed E-state index contributed by atoms with van der Waals surface area (Å²) >= 11 is 0. The molecule has 0 aliphatic rings. The number of hydrogen-bond donors (Lipinski definition) is 0. The summed E-state index contributed by atoms with van der Waals surface area (Å²) < 4.78 is 34.4. The maximum atomic E-state index is 12.9. The average Bonchev–Trinajstić information content (AvgIpc) is 1.30. The number of phosphoric ester groups is 1. The minimum Gasteiger partial charge on any atom is -0.756 e. The van der Waals surface area contributed by atoms with Gasteiger partial charge in [0.25, 0.3) is 7.82 Å². The largest absolute Gasteiger partial charge is 0.756 e. The molecule has 100 heavy (non-hydrogen) atoms. The second-order valence-corrected chi connectivity index (χ2v) is 29.8. The number of carbonyl (C=O) groups excluding carboxylic acids is 2. The monoisotopic (exact) mass is 1410 g/mol. The number of carbonyl (C=O) groups is 2. The van der Waals surface area contributed by atoms with Crippen LogP contribution in [0.25, 0.3) is 0 Å². The van der Waals surface area contributed by atoms with Crippen molar-refractivity contribution in [2.24, 2.45) is 0 Å². The Kier molecular flexibility index (Phi) is 75.3. The molecule has 0 saturated heterocycles. The fourth-order valence-corrected chi connectivity index (χ4v) is 12.1. The van der Waals surface area contributed by atoms with Gasteiger partial charge in [0.05, 0.1) is 27.7 Å². The first-order valence-electron chi connectivity index (χ1n) is 41.2. The van der Waals surface area contributed by atoms with Crippen molar-refractivity contribution in [2.45, 2.75) is 354 Å². The predicted octanol–water partition coefficient (Wildman–Crippen LogP) is 27.2. The summed E-state index contributed by atoms with van der Waals surface area (Å²) in [6.07, 6.45) is 118. The molecule has 0 amide bonds. The quantitative estimate of drug-likeness (QED) is 0.0195. The minimum absolute atomic E-state index is 0.0350. The lowest BCUT2D eigenvalue weighted by Crippen LogP contribution is -2.37. The molecule has 0 heterocycles. The van der Waals surface area contributed by atoms with Gasteiger partial charge in [-0.15, -0.1) is 0 Å². The maximum Gasteiger partial charge on any atom is 0.306 e. The van der Waals surface area contributed by atoms with Crippen LogP contribution in [0.15, 0.2) is 158 Å². The number of likely N-dealkylation sites (N-methyl/N-ethyl adjacent to an activating group) is 1. The molecule has 0 radical (unpaired) electrons. The van der Waals surface area contributed by atoms with Crippen LogP contribution in [0.4, 0.5) is 0 Å². The molecule has 2 unspecified atom stereocenters. The fraction of sp³-hybridized carbons (Fsp3) is 0.689. The molecule has 0 N–H and O–H groups in total. The van der Waals surface area contributed by atoms with E-state index in [-0.39, 0.29) is 32.0 Å². The Hall–Kier alpha value is -4.37. The molecular formula is C90H154NO8P. The van der Waals surface area contributed by atoms with Gasteiger partial charge in [0.15, 0.2) is 6.10 Å². The molecule has 0 rings (SSSR count). The van der Waals surface area contributed by atoms with Crippen LogP contribution < -0.4 is 4.89 Å². The van der Waals surface area contributed by atoms with Gasteiger partial charge in [0.2, 0.25) is 0 Å². The van der Waals surface area contributed by atoms with Crippen LogP contribution in [0.5, 0.6) is 0 Å². The van der Waals surface area contributed by atoms with Crippen molar-refractivity contribution in [3.63, 3.8) is 0 Å². The molecule has 10 heteroatoms. The molecule has 0 aromatic heterocycles. The normalized spacial score (nSPS) is 13.9. The van der Waals surface area contributed by atoms with Crippen LogP contribution in [0.2, 0.25) is 0 Å². The molecule has 0 spiro atoms. The van der Waals surface area contributed by atoms with Gasteiger partial charge in [-0.1, -0.05) is 371 Å². The molecule has 0 aromatic carbocycles. The van der Waals surface area contributed by atoms with Gasteiger partial charge in [-0.25, -0.2) is 0 Å². The molecule has 0 aliphatic heterocycles. The standard InChI is InChI=1S/C90H154NO8P/c1-6-8-10-12-14-16-18-20-22-24-26-28-30-32-34-36-38-40-42-43-44-45-46-47-49-51-53-55-57-59-61-63-65-67-69-71-73-75-77-79-81-83-90(93)99-88(87-98-100(94,95)97-85-84-91(3,4)5)86-96-89(92)82-80-78-76-74-72-70-68-66-64-62-60-58-56-54-52-50-48-41-39-37-35-33-31-29-27-25-23-21-19-17-15-13-11-9-7-2/h8-11,14-17,20-23,26-29,32,34,38,40,43-44,46-47,51,53,88H,6-7,12-13,18-19,24-25,30-31,33,35-37,39,41-42,45,48-50,52,54-87H2,1-5H3/b10-8-,11-9-,16-14-,17-15-,22-20-,23-21-,28-26-,29-27-,34-32-,40-38-,44-43-,47-46-,53-51-. The van der Waals surface area contributed by atoms with E-state index < -0.39 is 26.5 Å². The van der Waals surface area contributed by atoms with Crippen LogP contribution in [-0.2, 0) is 32.7 Å². The number of allylic oxidation sites excluding steroid dienone is 26. The first kappa shape index (κ1) is 95.6. The van der Waals surface area contributed by atoms with Crippen LogP contribution in [0.1, 0.15) is 348 Å². The molecule has 572 valence electrons. The third-order valence-electron chi connectivity index (χ3n) is 17.5. The zero-order chi connectivity index (χ0) is 72.5. The fourth-order valence-electron chi connectivity index (χ4n) is 11.4. The Morgan fingerprint density at radius 1 is 0.310 bits per heavy atom. The highest BCUT2D eigenvalue weighted by molar-refractivity contribution is 7.45. The Morgan fingerprint density at radius 2 is 0.540 bits per heavy atom. The molecule has 0 bridgehead atoms. The number of hydrogen-bond acceptors (Lipinski definition) is 8. The lowest BCUT2D eigenvalue weighted by atomic mass is 10.0. The van der Waals surface area contributed by atoms with Crippen molar-refractivity contribution in [1.82, 2.24) is 0 Å². The third kappa shape index (κ3) is 82.6. The van der Waals surface area contributed by atoms with E-state index in [4.69, 9.17) is 18.5 Å². The minimum atomic E-state index is -4.65. The summed E-state index contributed by atoms with van der Waals surface area (Å²) in [5, 5.41) is 0. The second kappa shape index (κ2) is 78.8. The van der Waals surface area contributed by atoms with E-state index in [0.717, 1.165) is 122 Å². The summed E-state index contributed by atoms with van der Waals surface area (Å²) in [4.78, 5) is 38.2. The summed E-state index contributed by atoms with van der Waals surface area (Å²) in [5.41, 5.74) is 0. The molecule has 2 atom stereocenters. The van der Waals surface area contributed by atoms with Crippen molar-refractivity contribution >= 4 is 19.8 Å². The zero-order valence-corrected chi connectivity index (χ0v) is 66.2. The first-order chi connectivity index (χ1) is 49.0. The Bertz CT molecular complexity index is 2250. The Morgan fingerprint density at radius 3 is 0.800 bits per heavy atom. The van der Waals surface area contributed by atoms with Gasteiger partial charge in [0, 0.05) is 12.8 Å². The van der Waals surface area contributed by atoms with Crippen molar-refractivity contribution < 1.29 is 42.1 Å². The highest BCUT2D eigenvalue weighted by atomic mass is 31.2. The Labute approximate surface area is 617 Å². The highest BCUT2D eigenvalue weighted by Crippen LogP contribution is 2.38. The van der Waals surface area contributed by atoms with Crippen LogP contribution in [0.3, 0.4) is 0 Å². The van der Waals surface area contributed by atoms with E-state index in [1.54, 1.807) is 0 Å². The number of rotatable bonds is 75. The van der Waals surface area contributed by atoms with E-state index >= 15 is 0 Å². The van der Waals surface area contributed by atoms with Gasteiger partial charge in [-0.3, -0.25) is 14.2 Å². The topological polar surface area (TPSA) is 111 Å².